The maximum Gasteiger partial charge on any atom is 0.115 e. The van der Waals surface area contributed by atoms with Crippen LogP contribution in [0.3, 0.4) is 0 Å². The molecule has 0 radical (unpaired) electrons. The Morgan fingerprint density at radius 2 is 2.00 bits per heavy atom. The van der Waals surface area contributed by atoms with Gasteiger partial charge in [0, 0.05) is 10.9 Å². The number of phenolic OH excluding ortho intramolecular Hbond substituents is 1. The summed E-state index contributed by atoms with van der Waals surface area (Å²) in [6.07, 6.45) is 1.13. The van der Waals surface area contributed by atoms with E-state index in [1.165, 1.54) is 9.77 Å². The molecule has 2 heterocycles. The van der Waals surface area contributed by atoms with Gasteiger partial charge in [-0.1, -0.05) is 6.92 Å². The van der Waals surface area contributed by atoms with Crippen LogP contribution in [-0.4, -0.2) is 10.4 Å². The normalized spacial score (nSPS) is 22.5. The van der Waals surface area contributed by atoms with Crippen LogP contribution < -0.4 is 5.32 Å². The molecule has 0 spiro atoms. The molecule has 4 heteroatoms. The summed E-state index contributed by atoms with van der Waals surface area (Å²) in [6.45, 7) is 2.28. The van der Waals surface area contributed by atoms with E-state index in [0.717, 1.165) is 12.1 Å². The first-order chi connectivity index (χ1) is 8.72. The van der Waals surface area contributed by atoms with Crippen molar-refractivity contribution >= 4 is 28.8 Å². The molecule has 1 unspecified atom stereocenters. The topological polar surface area (TPSA) is 32.3 Å². The molecule has 2 aromatic rings. The van der Waals surface area contributed by atoms with Crippen molar-refractivity contribution in [2.24, 2.45) is 0 Å². The van der Waals surface area contributed by atoms with E-state index in [1.54, 1.807) is 12.1 Å². The summed E-state index contributed by atoms with van der Waals surface area (Å²) in [5.41, 5.74) is 2.48. The average molecular weight is 277 g/mol. The number of fused-ring (bicyclic) bond motifs is 1. The zero-order chi connectivity index (χ0) is 12.5. The summed E-state index contributed by atoms with van der Waals surface area (Å²) in [7, 11) is 0. The smallest absolute Gasteiger partial charge is 0.115 e. The Bertz CT molecular complexity index is 535. The van der Waals surface area contributed by atoms with Gasteiger partial charge >= 0.3 is 0 Å². The van der Waals surface area contributed by atoms with E-state index >= 15 is 0 Å². The van der Waals surface area contributed by atoms with Crippen molar-refractivity contribution < 1.29 is 5.11 Å². The van der Waals surface area contributed by atoms with E-state index in [-0.39, 0.29) is 0 Å². The van der Waals surface area contributed by atoms with Crippen molar-refractivity contribution in [1.29, 1.82) is 0 Å². The van der Waals surface area contributed by atoms with Crippen LogP contribution in [0, 0.1) is 0 Å². The SMILES string of the molecule is C[C@H]1CC(Nc2ccc(O)cc2)c2ccsc2S1. The van der Waals surface area contributed by atoms with Gasteiger partial charge in [-0.25, -0.2) is 0 Å². The Hall–Kier alpha value is -1.13. The van der Waals surface area contributed by atoms with Gasteiger partial charge in [-0.15, -0.1) is 23.1 Å². The molecule has 0 aliphatic carbocycles. The summed E-state index contributed by atoms with van der Waals surface area (Å²) >= 11 is 3.80. The first-order valence-electron chi connectivity index (χ1n) is 6.02. The predicted octanol–water partition coefficient (Wildman–Crippen LogP) is 4.49. The maximum atomic E-state index is 9.30. The number of anilines is 1. The summed E-state index contributed by atoms with van der Waals surface area (Å²) in [6, 6.07) is 9.89. The van der Waals surface area contributed by atoms with Gasteiger partial charge in [-0.3, -0.25) is 0 Å². The zero-order valence-corrected chi connectivity index (χ0v) is 11.7. The standard InChI is InChI=1S/C14H15NOS2/c1-9-8-13(12-6-7-17-14(12)18-9)15-10-2-4-11(16)5-3-10/h2-7,9,13,15-16H,8H2,1H3/t9-,13?/m0/s1. The van der Waals surface area contributed by atoms with E-state index in [2.05, 4.69) is 23.7 Å². The molecular formula is C14H15NOS2. The van der Waals surface area contributed by atoms with Crippen LogP contribution >= 0.6 is 23.1 Å². The number of hydrogen-bond donors (Lipinski definition) is 2. The van der Waals surface area contributed by atoms with Crippen molar-refractivity contribution in [1.82, 2.24) is 0 Å². The molecule has 94 valence electrons. The van der Waals surface area contributed by atoms with E-state index in [9.17, 15) is 5.11 Å². The fourth-order valence-electron chi connectivity index (χ4n) is 2.24. The summed E-state index contributed by atoms with van der Waals surface area (Å²) < 4.78 is 1.44. The van der Waals surface area contributed by atoms with Crippen molar-refractivity contribution in [2.75, 3.05) is 5.32 Å². The molecule has 1 aromatic carbocycles. The number of phenols is 1. The average Bonchev–Trinajstić information content (AvgIpc) is 2.80. The Balaban J connectivity index is 1.83. The molecular weight excluding hydrogens is 262 g/mol. The van der Waals surface area contributed by atoms with E-state index in [1.807, 2.05) is 35.2 Å². The third kappa shape index (κ3) is 2.35. The molecule has 18 heavy (non-hydrogen) atoms. The van der Waals surface area contributed by atoms with E-state index in [4.69, 9.17) is 0 Å². The number of benzene rings is 1. The van der Waals surface area contributed by atoms with Crippen LogP contribution in [0.2, 0.25) is 0 Å². The zero-order valence-electron chi connectivity index (χ0n) is 10.1. The Morgan fingerprint density at radius 3 is 2.78 bits per heavy atom. The Kier molecular flexibility index (Phi) is 3.22. The number of nitrogens with one attached hydrogen (secondary N) is 1. The second-order valence-electron chi connectivity index (χ2n) is 4.57. The summed E-state index contributed by atoms with van der Waals surface area (Å²) in [5, 5.41) is 15.7. The number of hydrogen-bond acceptors (Lipinski definition) is 4. The number of thioether (sulfide) groups is 1. The van der Waals surface area contributed by atoms with Crippen molar-refractivity contribution in [2.45, 2.75) is 28.8 Å². The number of rotatable bonds is 2. The van der Waals surface area contributed by atoms with Gasteiger partial charge in [0.2, 0.25) is 0 Å². The molecule has 2 N–H and O–H groups in total. The second-order valence-corrected chi connectivity index (χ2v) is 7.19. The van der Waals surface area contributed by atoms with Gasteiger partial charge in [0.15, 0.2) is 0 Å². The van der Waals surface area contributed by atoms with Crippen LogP contribution in [0.1, 0.15) is 24.9 Å². The second kappa shape index (κ2) is 4.86. The molecule has 0 amide bonds. The minimum absolute atomic E-state index is 0.310. The first kappa shape index (κ1) is 11.9. The highest BCUT2D eigenvalue weighted by Gasteiger charge is 2.26. The molecule has 0 saturated carbocycles. The van der Waals surface area contributed by atoms with Crippen molar-refractivity contribution in [3.8, 4) is 5.75 Å². The fourth-order valence-corrected chi connectivity index (χ4v) is 4.81. The molecule has 2 nitrogen and oxygen atoms in total. The lowest BCUT2D eigenvalue weighted by atomic mass is 10.0. The van der Waals surface area contributed by atoms with Crippen molar-refractivity contribution in [3.05, 3.63) is 41.3 Å². The Morgan fingerprint density at radius 1 is 1.22 bits per heavy atom. The van der Waals surface area contributed by atoms with Gasteiger partial charge in [0.1, 0.15) is 5.75 Å². The molecule has 0 fully saturated rings. The quantitative estimate of drug-likeness (QED) is 0.793. The highest BCUT2D eigenvalue weighted by molar-refractivity contribution is 8.01. The first-order valence-corrected chi connectivity index (χ1v) is 7.78. The van der Waals surface area contributed by atoms with Crippen LogP contribution in [-0.2, 0) is 0 Å². The maximum absolute atomic E-state index is 9.30. The van der Waals surface area contributed by atoms with Crippen LogP contribution in [0.5, 0.6) is 5.75 Å². The minimum Gasteiger partial charge on any atom is -0.508 e. The molecule has 1 aromatic heterocycles. The predicted molar refractivity (Wildman–Crippen MR) is 78.7 cm³/mol. The molecule has 3 rings (SSSR count). The molecule has 2 atom stereocenters. The summed E-state index contributed by atoms with van der Waals surface area (Å²) in [4.78, 5) is 0. The number of aromatic hydroxyl groups is 1. The van der Waals surface area contributed by atoms with E-state index in [0.29, 0.717) is 17.0 Å². The highest BCUT2D eigenvalue weighted by Crippen LogP contribution is 2.44. The molecule has 0 bridgehead atoms. The van der Waals surface area contributed by atoms with Gasteiger partial charge in [0.05, 0.1) is 10.3 Å². The summed E-state index contributed by atoms with van der Waals surface area (Å²) in [5.74, 6) is 0.310. The largest absolute Gasteiger partial charge is 0.508 e. The van der Waals surface area contributed by atoms with Gasteiger partial charge in [-0.2, -0.15) is 0 Å². The number of thiophene rings is 1. The molecule has 1 aliphatic heterocycles. The van der Waals surface area contributed by atoms with Gasteiger partial charge in [0.25, 0.3) is 0 Å². The Labute approximate surface area is 115 Å². The van der Waals surface area contributed by atoms with Crippen LogP contribution in [0.15, 0.2) is 39.9 Å². The minimum atomic E-state index is 0.310. The van der Waals surface area contributed by atoms with E-state index < -0.39 is 0 Å². The monoisotopic (exact) mass is 277 g/mol. The van der Waals surface area contributed by atoms with Crippen molar-refractivity contribution in [3.63, 3.8) is 0 Å². The molecule has 0 saturated heterocycles. The molecule has 1 aliphatic rings. The van der Waals surface area contributed by atoms with Gasteiger partial charge < -0.3 is 10.4 Å². The fraction of sp³-hybridized carbons (Fsp3) is 0.286. The van der Waals surface area contributed by atoms with Crippen LogP contribution in [0.4, 0.5) is 5.69 Å². The third-order valence-electron chi connectivity index (χ3n) is 3.12. The highest BCUT2D eigenvalue weighted by atomic mass is 32.2. The third-order valence-corrected chi connectivity index (χ3v) is 5.46. The van der Waals surface area contributed by atoms with Gasteiger partial charge in [-0.05, 0) is 47.7 Å². The lowest BCUT2D eigenvalue weighted by molar-refractivity contribution is 0.475. The lowest BCUT2D eigenvalue weighted by Gasteiger charge is -2.28. The lowest BCUT2D eigenvalue weighted by Crippen LogP contribution is -2.18. The van der Waals surface area contributed by atoms with Crippen LogP contribution in [0.25, 0.3) is 0 Å².